The van der Waals surface area contributed by atoms with Crippen molar-refractivity contribution < 1.29 is 12.8 Å². The predicted octanol–water partition coefficient (Wildman–Crippen LogP) is 0.405. The second kappa shape index (κ2) is 4.99. The van der Waals surface area contributed by atoms with Crippen molar-refractivity contribution in [3.63, 3.8) is 0 Å². The van der Waals surface area contributed by atoms with E-state index >= 15 is 0 Å². The Morgan fingerprint density at radius 1 is 1.44 bits per heavy atom. The maximum Gasteiger partial charge on any atom is 0.214 e. The van der Waals surface area contributed by atoms with Gasteiger partial charge in [-0.1, -0.05) is 0 Å². The molecule has 1 fully saturated rings. The second-order valence-corrected chi connectivity index (χ2v) is 5.92. The number of rotatable bonds is 2. The zero-order valence-electron chi connectivity index (χ0n) is 9.05. The summed E-state index contributed by atoms with van der Waals surface area (Å²) in [5, 5.41) is 3.20. The molecule has 1 aliphatic heterocycles. The van der Waals surface area contributed by atoms with Crippen LogP contribution in [-0.4, -0.2) is 38.1 Å². The fraction of sp³-hybridized carbons (Fsp3) is 0.600. The first-order valence-electron chi connectivity index (χ1n) is 5.39. The zero-order chi connectivity index (χ0) is 11.4. The van der Waals surface area contributed by atoms with Gasteiger partial charge in [0.15, 0.2) is 0 Å². The summed E-state index contributed by atoms with van der Waals surface area (Å²) >= 11 is 0. The molecule has 1 saturated heterocycles. The van der Waals surface area contributed by atoms with Gasteiger partial charge < -0.3 is 9.73 Å². The highest BCUT2D eigenvalue weighted by Gasteiger charge is 2.23. The van der Waals surface area contributed by atoms with Gasteiger partial charge in [0.25, 0.3) is 0 Å². The van der Waals surface area contributed by atoms with E-state index in [4.69, 9.17) is 4.42 Å². The lowest BCUT2D eigenvalue weighted by atomic mass is 10.4. The van der Waals surface area contributed by atoms with Crippen LogP contribution in [0.5, 0.6) is 0 Å². The monoisotopic (exact) mass is 244 g/mol. The topological polar surface area (TPSA) is 62.6 Å². The van der Waals surface area contributed by atoms with Crippen LogP contribution in [0.1, 0.15) is 12.2 Å². The average molecular weight is 244 g/mol. The third-order valence-corrected chi connectivity index (χ3v) is 4.50. The minimum Gasteiger partial charge on any atom is -0.468 e. The second-order valence-electron chi connectivity index (χ2n) is 3.83. The number of hydrogen-bond donors (Lipinski definition) is 1. The molecule has 0 aromatic carbocycles. The molecule has 0 atom stereocenters. The largest absolute Gasteiger partial charge is 0.468 e. The van der Waals surface area contributed by atoms with Crippen molar-refractivity contribution in [2.45, 2.75) is 13.0 Å². The molecule has 2 rings (SSSR count). The van der Waals surface area contributed by atoms with E-state index in [2.05, 4.69) is 5.32 Å². The van der Waals surface area contributed by atoms with Crippen molar-refractivity contribution in [3.05, 3.63) is 24.2 Å². The number of nitrogens with one attached hydrogen (secondary N) is 1. The summed E-state index contributed by atoms with van der Waals surface area (Å²) < 4.78 is 30.5. The normalized spacial score (nSPS) is 22.5. The fourth-order valence-corrected chi connectivity index (χ4v) is 3.19. The van der Waals surface area contributed by atoms with E-state index in [-0.39, 0.29) is 5.75 Å². The summed E-state index contributed by atoms with van der Waals surface area (Å²) in [5.41, 5.74) is 0. The van der Waals surface area contributed by atoms with Crippen LogP contribution in [0, 0.1) is 0 Å². The van der Waals surface area contributed by atoms with Crippen LogP contribution in [0.4, 0.5) is 0 Å². The van der Waals surface area contributed by atoms with Crippen LogP contribution < -0.4 is 5.32 Å². The standard InChI is InChI=1S/C10H16N2O3S/c13-16(14)8-2-4-11-5-6-12(16)9-10-3-1-7-15-10/h1,3,7,11H,2,4-6,8-9H2. The molecule has 16 heavy (non-hydrogen) atoms. The van der Waals surface area contributed by atoms with Gasteiger partial charge in [0, 0.05) is 13.1 Å². The van der Waals surface area contributed by atoms with E-state index in [1.54, 1.807) is 18.4 Å². The molecule has 0 radical (unpaired) electrons. The fourth-order valence-electron chi connectivity index (χ4n) is 1.73. The van der Waals surface area contributed by atoms with Gasteiger partial charge in [0.2, 0.25) is 10.0 Å². The number of sulfonamides is 1. The number of hydrogen-bond acceptors (Lipinski definition) is 4. The van der Waals surface area contributed by atoms with Crippen LogP contribution in [0.2, 0.25) is 0 Å². The van der Waals surface area contributed by atoms with Gasteiger partial charge >= 0.3 is 0 Å². The van der Waals surface area contributed by atoms with Crippen molar-refractivity contribution >= 4 is 10.0 Å². The van der Waals surface area contributed by atoms with Gasteiger partial charge in [-0.05, 0) is 25.1 Å². The summed E-state index contributed by atoms with van der Waals surface area (Å²) in [5.74, 6) is 0.893. The zero-order valence-corrected chi connectivity index (χ0v) is 9.87. The molecule has 2 heterocycles. The minimum atomic E-state index is -3.13. The van der Waals surface area contributed by atoms with Crippen molar-refractivity contribution in [1.29, 1.82) is 0 Å². The SMILES string of the molecule is O=S1(=O)CCCNCCN1Cc1ccco1. The van der Waals surface area contributed by atoms with Crippen LogP contribution in [0.3, 0.4) is 0 Å². The average Bonchev–Trinajstić information content (AvgIpc) is 2.71. The van der Waals surface area contributed by atoms with E-state index in [0.29, 0.717) is 31.8 Å². The minimum absolute atomic E-state index is 0.209. The van der Waals surface area contributed by atoms with Crippen LogP contribution in [-0.2, 0) is 16.6 Å². The van der Waals surface area contributed by atoms with Gasteiger partial charge in [0.05, 0.1) is 18.6 Å². The molecule has 1 aliphatic rings. The Labute approximate surface area is 95.5 Å². The smallest absolute Gasteiger partial charge is 0.214 e. The van der Waals surface area contributed by atoms with Crippen molar-refractivity contribution in [1.82, 2.24) is 9.62 Å². The highest BCUT2D eigenvalue weighted by Crippen LogP contribution is 2.11. The van der Waals surface area contributed by atoms with E-state index in [1.807, 2.05) is 0 Å². The quantitative estimate of drug-likeness (QED) is 0.818. The first kappa shape index (κ1) is 11.6. The Morgan fingerprint density at radius 2 is 2.31 bits per heavy atom. The molecule has 1 aromatic rings. The third-order valence-electron chi connectivity index (χ3n) is 2.60. The molecule has 0 bridgehead atoms. The Balaban J connectivity index is 2.09. The van der Waals surface area contributed by atoms with Crippen molar-refractivity contribution in [2.75, 3.05) is 25.4 Å². The molecule has 0 unspecified atom stereocenters. The highest BCUT2D eigenvalue weighted by atomic mass is 32.2. The first-order valence-corrected chi connectivity index (χ1v) is 7.00. The molecular formula is C10H16N2O3S. The molecule has 5 nitrogen and oxygen atoms in total. The Kier molecular flexibility index (Phi) is 3.63. The molecule has 1 aromatic heterocycles. The predicted molar refractivity (Wildman–Crippen MR) is 60.4 cm³/mol. The molecule has 0 amide bonds. The lowest BCUT2D eigenvalue weighted by molar-refractivity contribution is 0.354. The maximum absolute atomic E-state index is 11.9. The van der Waals surface area contributed by atoms with Gasteiger partial charge in [-0.3, -0.25) is 0 Å². The van der Waals surface area contributed by atoms with Gasteiger partial charge in [0.1, 0.15) is 5.76 Å². The molecule has 0 saturated carbocycles. The lowest BCUT2D eigenvalue weighted by Gasteiger charge is -2.23. The molecule has 0 spiro atoms. The number of nitrogens with zero attached hydrogens (tertiary/aromatic N) is 1. The summed E-state index contributed by atoms with van der Waals surface area (Å²) in [4.78, 5) is 0. The van der Waals surface area contributed by atoms with E-state index in [0.717, 1.165) is 6.54 Å². The maximum atomic E-state index is 11.9. The summed E-state index contributed by atoms with van der Waals surface area (Å²) in [6.45, 7) is 2.30. The lowest BCUT2D eigenvalue weighted by Crippen LogP contribution is -2.41. The molecule has 1 N–H and O–H groups in total. The highest BCUT2D eigenvalue weighted by molar-refractivity contribution is 7.89. The van der Waals surface area contributed by atoms with E-state index < -0.39 is 10.0 Å². The van der Waals surface area contributed by atoms with Crippen molar-refractivity contribution in [2.24, 2.45) is 0 Å². The Bertz CT molecular complexity index is 413. The third kappa shape index (κ3) is 2.84. The summed E-state index contributed by atoms with van der Waals surface area (Å²) in [7, 11) is -3.13. The van der Waals surface area contributed by atoms with Gasteiger partial charge in [-0.2, -0.15) is 4.31 Å². The van der Waals surface area contributed by atoms with E-state index in [9.17, 15) is 8.42 Å². The Morgan fingerprint density at radius 3 is 3.06 bits per heavy atom. The van der Waals surface area contributed by atoms with Crippen LogP contribution >= 0.6 is 0 Å². The molecule has 90 valence electrons. The van der Waals surface area contributed by atoms with Crippen LogP contribution in [0.25, 0.3) is 0 Å². The van der Waals surface area contributed by atoms with Crippen molar-refractivity contribution in [3.8, 4) is 0 Å². The molecular weight excluding hydrogens is 228 g/mol. The summed E-state index contributed by atoms with van der Waals surface area (Å²) in [6.07, 6.45) is 2.22. The summed E-state index contributed by atoms with van der Waals surface area (Å²) in [6, 6.07) is 3.56. The van der Waals surface area contributed by atoms with Gasteiger partial charge in [-0.15, -0.1) is 0 Å². The first-order chi connectivity index (χ1) is 7.68. The van der Waals surface area contributed by atoms with Gasteiger partial charge in [-0.25, -0.2) is 8.42 Å². The Hall–Kier alpha value is -0.850. The number of furan rings is 1. The van der Waals surface area contributed by atoms with E-state index in [1.165, 1.54) is 4.31 Å². The van der Waals surface area contributed by atoms with Crippen LogP contribution in [0.15, 0.2) is 22.8 Å². The molecule has 0 aliphatic carbocycles. The molecule has 6 heteroatoms.